The van der Waals surface area contributed by atoms with Crippen LogP contribution in [-0.2, 0) is 4.79 Å². The maximum Gasteiger partial charge on any atom is 0.229 e. The monoisotopic (exact) mass is 466 g/mol. The third kappa shape index (κ3) is 4.33. The zero-order valence-corrected chi connectivity index (χ0v) is 20.1. The first-order chi connectivity index (χ1) is 15.3. The molecule has 1 aromatic carbocycles. The van der Waals surface area contributed by atoms with Crippen LogP contribution in [0.2, 0.25) is 0 Å². The van der Waals surface area contributed by atoms with Gasteiger partial charge in [0.15, 0.2) is 5.11 Å². The van der Waals surface area contributed by atoms with E-state index < -0.39 is 5.41 Å². The molecular formula is C24H26N4O2S2. The molecule has 8 heteroatoms. The zero-order chi connectivity index (χ0) is 22.9. The lowest BCUT2D eigenvalue weighted by Crippen LogP contribution is -2.29. The number of hydrogen-bond donors (Lipinski definition) is 2. The average molecular weight is 467 g/mol. The zero-order valence-electron chi connectivity index (χ0n) is 18.5. The van der Waals surface area contributed by atoms with E-state index in [0.717, 1.165) is 11.4 Å². The molecule has 2 N–H and O–H groups in total. The van der Waals surface area contributed by atoms with Gasteiger partial charge in [0.05, 0.1) is 30.6 Å². The molecule has 0 radical (unpaired) electrons. The summed E-state index contributed by atoms with van der Waals surface area (Å²) in [7, 11) is 1.60. The maximum absolute atomic E-state index is 12.5. The second kappa shape index (κ2) is 8.88. The van der Waals surface area contributed by atoms with E-state index in [1.807, 2.05) is 63.2 Å². The number of thiophene rings is 1. The van der Waals surface area contributed by atoms with Crippen LogP contribution in [-0.4, -0.2) is 23.1 Å². The van der Waals surface area contributed by atoms with Crippen LogP contribution in [0.5, 0.6) is 5.75 Å². The fraction of sp³-hybridized carbons (Fsp3) is 0.292. The summed E-state index contributed by atoms with van der Waals surface area (Å²) in [4.78, 5) is 20.3. The molecule has 1 aliphatic rings. The summed E-state index contributed by atoms with van der Waals surface area (Å²) in [5, 5.41) is 9.10. The first-order valence-corrected chi connectivity index (χ1v) is 11.6. The number of carbonyl (C=O) groups excluding carboxylic acids is 1. The Labute approximate surface area is 197 Å². The number of rotatable bonds is 5. The van der Waals surface area contributed by atoms with E-state index in [2.05, 4.69) is 32.0 Å². The second-order valence-corrected chi connectivity index (χ2v) is 9.97. The van der Waals surface area contributed by atoms with Crippen molar-refractivity contribution in [1.29, 1.82) is 0 Å². The Morgan fingerprint density at radius 1 is 1.22 bits per heavy atom. The van der Waals surface area contributed by atoms with E-state index in [1.54, 1.807) is 24.6 Å². The van der Waals surface area contributed by atoms with Crippen LogP contribution < -0.4 is 20.3 Å². The third-order valence-electron chi connectivity index (χ3n) is 5.33. The molecule has 6 nitrogen and oxygen atoms in total. The highest BCUT2D eigenvalue weighted by Crippen LogP contribution is 2.44. The number of methoxy groups -OCH3 is 1. The molecule has 1 aliphatic heterocycles. The van der Waals surface area contributed by atoms with E-state index >= 15 is 0 Å². The van der Waals surface area contributed by atoms with Gasteiger partial charge in [0, 0.05) is 28.2 Å². The molecule has 4 rings (SSSR count). The molecule has 1 amide bonds. The molecule has 0 spiro atoms. The standard InChI is InChI=1S/C24H26N4O2S2/c1-24(2,3)22(29)26-16-11-10-15(14-18(16)30-4)28-21(19-9-7-13-32-19)20(27-23(28)31)17-8-5-6-12-25-17/h5-14,20-21H,1-4H3,(H,26,29)(H,27,31)/t20-,21+/m1/s1. The van der Waals surface area contributed by atoms with Gasteiger partial charge in [0.2, 0.25) is 5.91 Å². The molecule has 1 saturated heterocycles. The lowest BCUT2D eigenvalue weighted by atomic mass is 9.95. The molecule has 0 aliphatic carbocycles. The van der Waals surface area contributed by atoms with Crippen molar-refractivity contribution in [3.63, 3.8) is 0 Å². The fourth-order valence-corrected chi connectivity index (χ4v) is 4.82. The van der Waals surface area contributed by atoms with Gasteiger partial charge in [0.25, 0.3) is 0 Å². The minimum atomic E-state index is -0.510. The summed E-state index contributed by atoms with van der Waals surface area (Å²) in [5.41, 5.74) is 1.93. The quantitative estimate of drug-likeness (QED) is 0.497. The molecule has 3 aromatic rings. The Hall–Kier alpha value is -2.97. The molecule has 0 bridgehead atoms. The van der Waals surface area contributed by atoms with Crippen molar-refractivity contribution < 1.29 is 9.53 Å². The van der Waals surface area contributed by atoms with E-state index in [1.165, 1.54) is 4.88 Å². The summed E-state index contributed by atoms with van der Waals surface area (Å²) < 4.78 is 5.62. The second-order valence-electron chi connectivity index (χ2n) is 8.60. The first-order valence-electron chi connectivity index (χ1n) is 10.3. The number of benzene rings is 1. The Balaban J connectivity index is 1.72. The van der Waals surface area contributed by atoms with Gasteiger partial charge in [-0.25, -0.2) is 0 Å². The van der Waals surface area contributed by atoms with Crippen LogP contribution in [0.4, 0.5) is 11.4 Å². The minimum Gasteiger partial charge on any atom is -0.494 e. The molecular weight excluding hydrogens is 440 g/mol. The van der Waals surface area contributed by atoms with Crippen molar-refractivity contribution in [2.24, 2.45) is 5.41 Å². The fourth-order valence-electron chi connectivity index (χ4n) is 3.62. The van der Waals surface area contributed by atoms with E-state index in [9.17, 15) is 4.79 Å². The Morgan fingerprint density at radius 3 is 2.66 bits per heavy atom. The normalized spacial score (nSPS) is 18.4. The summed E-state index contributed by atoms with van der Waals surface area (Å²) in [6, 6.07) is 15.6. The number of amides is 1. The smallest absolute Gasteiger partial charge is 0.229 e. The lowest BCUT2D eigenvalue weighted by molar-refractivity contribution is -0.123. The van der Waals surface area contributed by atoms with E-state index in [4.69, 9.17) is 17.0 Å². The maximum atomic E-state index is 12.5. The van der Waals surface area contributed by atoms with Gasteiger partial charge < -0.3 is 20.3 Å². The number of anilines is 2. The first kappa shape index (κ1) is 22.2. The summed E-state index contributed by atoms with van der Waals surface area (Å²) in [6.07, 6.45) is 1.80. The summed E-state index contributed by atoms with van der Waals surface area (Å²) in [5.74, 6) is 0.503. The number of pyridine rings is 1. The largest absolute Gasteiger partial charge is 0.494 e. The van der Waals surface area contributed by atoms with Crippen LogP contribution in [0, 0.1) is 5.41 Å². The van der Waals surface area contributed by atoms with Crippen molar-refractivity contribution in [2.45, 2.75) is 32.9 Å². The van der Waals surface area contributed by atoms with Gasteiger partial charge in [-0.3, -0.25) is 9.78 Å². The van der Waals surface area contributed by atoms with Gasteiger partial charge >= 0.3 is 0 Å². The molecule has 2 aromatic heterocycles. The molecule has 166 valence electrons. The highest BCUT2D eigenvalue weighted by Gasteiger charge is 2.41. The topological polar surface area (TPSA) is 66.5 Å². The number of carbonyl (C=O) groups is 1. The minimum absolute atomic E-state index is 0.0582. The Morgan fingerprint density at radius 2 is 2.03 bits per heavy atom. The number of nitrogens with zero attached hydrogens (tertiary/aromatic N) is 2. The summed E-state index contributed by atoms with van der Waals surface area (Å²) >= 11 is 7.45. The van der Waals surface area contributed by atoms with Gasteiger partial charge in [0.1, 0.15) is 5.75 Å². The van der Waals surface area contributed by atoms with Gasteiger partial charge in [-0.15, -0.1) is 11.3 Å². The predicted octanol–water partition coefficient (Wildman–Crippen LogP) is 5.31. The number of hydrogen-bond acceptors (Lipinski definition) is 5. The predicted molar refractivity (Wildman–Crippen MR) is 133 cm³/mol. The van der Waals surface area contributed by atoms with E-state index in [0.29, 0.717) is 16.5 Å². The van der Waals surface area contributed by atoms with Crippen molar-refractivity contribution in [2.75, 3.05) is 17.3 Å². The highest BCUT2D eigenvalue weighted by molar-refractivity contribution is 7.80. The summed E-state index contributed by atoms with van der Waals surface area (Å²) in [6.45, 7) is 5.63. The molecule has 0 saturated carbocycles. The van der Waals surface area contributed by atoms with Crippen LogP contribution >= 0.6 is 23.6 Å². The molecule has 0 unspecified atom stereocenters. The Bertz CT molecular complexity index is 1110. The van der Waals surface area contributed by atoms with Crippen LogP contribution in [0.3, 0.4) is 0 Å². The van der Waals surface area contributed by atoms with Gasteiger partial charge in [-0.05, 0) is 47.9 Å². The van der Waals surface area contributed by atoms with Crippen molar-refractivity contribution in [3.05, 3.63) is 70.7 Å². The third-order valence-corrected chi connectivity index (χ3v) is 6.58. The number of aromatic nitrogens is 1. The van der Waals surface area contributed by atoms with E-state index in [-0.39, 0.29) is 18.0 Å². The highest BCUT2D eigenvalue weighted by atomic mass is 32.1. The van der Waals surface area contributed by atoms with Crippen LogP contribution in [0.15, 0.2) is 60.1 Å². The van der Waals surface area contributed by atoms with Crippen molar-refractivity contribution in [3.8, 4) is 5.75 Å². The van der Waals surface area contributed by atoms with Gasteiger partial charge in [-0.2, -0.15) is 0 Å². The molecule has 3 heterocycles. The van der Waals surface area contributed by atoms with Gasteiger partial charge in [-0.1, -0.05) is 32.9 Å². The Kier molecular flexibility index (Phi) is 6.17. The molecule has 2 atom stereocenters. The van der Waals surface area contributed by atoms with Crippen molar-refractivity contribution in [1.82, 2.24) is 10.3 Å². The molecule has 32 heavy (non-hydrogen) atoms. The SMILES string of the molecule is COc1cc(N2C(=S)N[C@H](c3ccccn3)[C@@H]2c2cccs2)ccc1NC(=O)C(C)(C)C. The van der Waals surface area contributed by atoms with Crippen LogP contribution in [0.25, 0.3) is 0 Å². The van der Waals surface area contributed by atoms with Crippen LogP contribution in [0.1, 0.15) is 43.4 Å². The number of nitrogens with one attached hydrogen (secondary N) is 2. The average Bonchev–Trinajstić information content (AvgIpc) is 3.41. The van der Waals surface area contributed by atoms with Crippen molar-refractivity contribution >= 4 is 45.9 Å². The molecule has 1 fully saturated rings. The number of thiocarbonyl (C=S) groups is 1. The number of ether oxygens (including phenoxy) is 1. The lowest BCUT2D eigenvalue weighted by Gasteiger charge is -2.27.